The number of hydrogen-bond donors (Lipinski definition) is 1. The van der Waals surface area contributed by atoms with Crippen LogP contribution >= 0.6 is 11.6 Å². The highest BCUT2D eigenvalue weighted by Crippen LogP contribution is 2.25. The quantitative estimate of drug-likeness (QED) is 0.553. The summed E-state index contributed by atoms with van der Waals surface area (Å²) in [5, 5.41) is 3.88. The smallest absolute Gasteiger partial charge is 0.287 e. The van der Waals surface area contributed by atoms with Crippen molar-refractivity contribution in [1.29, 1.82) is 0 Å². The Morgan fingerprint density at radius 3 is 2.53 bits per heavy atom. The molecule has 2 aromatic carbocycles. The van der Waals surface area contributed by atoms with Gasteiger partial charge in [0.2, 0.25) is 0 Å². The fraction of sp³-hybridized carbons (Fsp3) is 0.385. The normalized spacial score (nSPS) is 15.6. The molecule has 1 aliphatic rings. The van der Waals surface area contributed by atoms with Gasteiger partial charge >= 0.3 is 0 Å². The number of halogens is 1. The van der Waals surface area contributed by atoms with E-state index >= 15 is 0 Å². The van der Waals surface area contributed by atoms with Crippen LogP contribution in [0.25, 0.3) is 11.0 Å². The molecule has 1 aromatic heterocycles. The van der Waals surface area contributed by atoms with E-state index in [1.54, 1.807) is 12.1 Å². The Labute approximate surface area is 193 Å². The van der Waals surface area contributed by atoms with Crippen LogP contribution in [0.2, 0.25) is 5.02 Å². The van der Waals surface area contributed by atoms with Gasteiger partial charge in [-0.25, -0.2) is 0 Å². The topological polar surface area (TPSA) is 62.6 Å². The minimum absolute atomic E-state index is 0.0166. The molecule has 0 saturated carbocycles. The van der Waals surface area contributed by atoms with Gasteiger partial charge < -0.3 is 9.73 Å². The second-order valence-electron chi connectivity index (χ2n) is 8.49. The van der Waals surface area contributed by atoms with Crippen molar-refractivity contribution in [2.75, 3.05) is 19.6 Å². The molecule has 5 nitrogen and oxygen atoms in total. The van der Waals surface area contributed by atoms with E-state index in [1.807, 2.05) is 6.92 Å². The molecule has 32 heavy (non-hydrogen) atoms. The summed E-state index contributed by atoms with van der Waals surface area (Å²) < 4.78 is 5.77. The van der Waals surface area contributed by atoms with Gasteiger partial charge in [0.05, 0.1) is 11.4 Å². The van der Waals surface area contributed by atoms with Crippen LogP contribution in [0, 0.1) is 6.92 Å². The minimum atomic E-state index is -0.385. The van der Waals surface area contributed by atoms with Crippen LogP contribution < -0.4 is 10.7 Å². The van der Waals surface area contributed by atoms with Crippen LogP contribution in [0.1, 0.15) is 59.5 Å². The highest BCUT2D eigenvalue weighted by molar-refractivity contribution is 6.32. The largest absolute Gasteiger partial charge is 0.451 e. The summed E-state index contributed by atoms with van der Waals surface area (Å²) >= 11 is 6.13. The average Bonchev–Trinajstić information content (AvgIpc) is 2.81. The number of piperidine rings is 1. The minimum Gasteiger partial charge on any atom is -0.451 e. The lowest BCUT2D eigenvalue weighted by Gasteiger charge is -2.35. The van der Waals surface area contributed by atoms with Crippen molar-refractivity contribution in [3.05, 3.63) is 80.2 Å². The summed E-state index contributed by atoms with van der Waals surface area (Å²) in [7, 11) is 0. The lowest BCUT2D eigenvalue weighted by molar-refractivity contribution is 0.0897. The molecule has 0 radical (unpaired) electrons. The molecule has 1 fully saturated rings. The number of rotatable bonds is 6. The van der Waals surface area contributed by atoms with E-state index in [0.29, 0.717) is 22.5 Å². The molecule has 1 N–H and O–H groups in total. The number of nitrogens with one attached hydrogen (secondary N) is 1. The summed E-state index contributed by atoms with van der Waals surface area (Å²) in [5.74, 6) is -0.369. The molecule has 0 aliphatic carbocycles. The van der Waals surface area contributed by atoms with Crippen molar-refractivity contribution in [3.8, 4) is 0 Å². The molecular formula is C26H29ClN2O3. The molecule has 1 aliphatic heterocycles. The molecule has 1 amide bonds. The molecule has 3 aromatic rings. The third-order valence-electron chi connectivity index (χ3n) is 6.29. The number of benzene rings is 2. The molecule has 0 unspecified atom stereocenters. The van der Waals surface area contributed by atoms with E-state index in [4.69, 9.17) is 16.0 Å². The molecule has 1 atom stereocenters. The van der Waals surface area contributed by atoms with Crippen molar-refractivity contribution in [2.45, 2.75) is 45.6 Å². The molecule has 2 heterocycles. The first kappa shape index (κ1) is 22.6. The summed E-state index contributed by atoms with van der Waals surface area (Å²) in [5.41, 5.74) is 3.37. The standard InChI is InChI=1S/C26H29ClN2O3/c1-3-18-7-9-19(10-8-18)22(29-11-5-4-6-12-29)16-28-26(31)25-15-23(30)20-14-21(27)17(2)13-24(20)32-25/h7-10,13-15,22H,3-6,11-12,16H2,1-2H3,(H,28,31)/t22-/m1/s1. The van der Waals surface area contributed by atoms with Gasteiger partial charge in [0.1, 0.15) is 5.58 Å². The SMILES string of the molecule is CCc1ccc([C@@H](CNC(=O)c2cc(=O)c3cc(Cl)c(C)cc3o2)N2CCCCC2)cc1. The third kappa shape index (κ3) is 4.89. The number of hydrogen-bond acceptors (Lipinski definition) is 4. The Hall–Kier alpha value is -2.63. The zero-order chi connectivity index (χ0) is 22.7. The van der Waals surface area contributed by atoms with Crippen LogP contribution in [0.5, 0.6) is 0 Å². The van der Waals surface area contributed by atoms with Crippen molar-refractivity contribution >= 4 is 28.5 Å². The molecule has 6 heteroatoms. The summed E-state index contributed by atoms with van der Waals surface area (Å²) in [6.07, 6.45) is 4.57. The molecule has 0 bridgehead atoms. The van der Waals surface area contributed by atoms with E-state index in [2.05, 4.69) is 41.4 Å². The van der Waals surface area contributed by atoms with E-state index in [0.717, 1.165) is 25.1 Å². The van der Waals surface area contributed by atoms with Crippen molar-refractivity contribution in [1.82, 2.24) is 10.2 Å². The van der Waals surface area contributed by atoms with Crippen LogP contribution in [-0.4, -0.2) is 30.4 Å². The predicted molar refractivity (Wildman–Crippen MR) is 129 cm³/mol. The number of amides is 1. The number of aryl methyl sites for hydroxylation is 2. The molecule has 0 spiro atoms. The average molecular weight is 453 g/mol. The first-order valence-electron chi connectivity index (χ1n) is 11.3. The van der Waals surface area contributed by atoms with E-state index in [9.17, 15) is 9.59 Å². The van der Waals surface area contributed by atoms with Crippen molar-refractivity contribution in [3.63, 3.8) is 0 Å². The lowest BCUT2D eigenvalue weighted by Crippen LogP contribution is -2.40. The summed E-state index contributed by atoms with van der Waals surface area (Å²) in [6, 6.07) is 13.2. The van der Waals surface area contributed by atoms with Crippen LogP contribution in [0.15, 0.2) is 51.7 Å². The Kier molecular flexibility index (Phi) is 6.97. The molecule has 168 valence electrons. The van der Waals surface area contributed by atoms with E-state index in [1.165, 1.54) is 36.5 Å². The Morgan fingerprint density at radius 1 is 1.12 bits per heavy atom. The van der Waals surface area contributed by atoms with Crippen LogP contribution in [0.4, 0.5) is 0 Å². The number of fused-ring (bicyclic) bond motifs is 1. The Morgan fingerprint density at radius 2 is 1.84 bits per heavy atom. The predicted octanol–water partition coefficient (Wildman–Crippen LogP) is 5.27. The Bertz CT molecular complexity index is 1160. The fourth-order valence-electron chi connectivity index (χ4n) is 4.33. The zero-order valence-electron chi connectivity index (χ0n) is 18.6. The first-order valence-corrected chi connectivity index (χ1v) is 11.7. The van der Waals surface area contributed by atoms with Gasteiger partial charge in [-0.2, -0.15) is 0 Å². The van der Waals surface area contributed by atoms with Gasteiger partial charge in [0.25, 0.3) is 5.91 Å². The number of carbonyl (C=O) groups excluding carboxylic acids is 1. The maximum atomic E-state index is 12.9. The highest BCUT2D eigenvalue weighted by atomic mass is 35.5. The van der Waals surface area contributed by atoms with Gasteiger partial charge in [-0.15, -0.1) is 0 Å². The molecular weight excluding hydrogens is 424 g/mol. The second kappa shape index (κ2) is 9.88. The monoisotopic (exact) mass is 452 g/mol. The Balaban J connectivity index is 1.56. The molecule has 4 rings (SSSR count). The summed E-state index contributed by atoms with van der Waals surface area (Å²) in [6.45, 7) is 6.46. The highest BCUT2D eigenvalue weighted by Gasteiger charge is 2.24. The van der Waals surface area contributed by atoms with E-state index < -0.39 is 0 Å². The van der Waals surface area contributed by atoms with Gasteiger partial charge in [-0.05, 0) is 68.1 Å². The summed E-state index contributed by atoms with van der Waals surface area (Å²) in [4.78, 5) is 27.9. The van der Waals surface area contributed by atoms with Crippen LogP contribution in [-0.2, 0) is 6.42 Å². The number of likely N-dealkylation sites (tertiary alicyclic amines) is 1. The first-order chi connectivity index (χ1) is 15.5. The van der Waals surface area contributed by atoms with E-state index in [-0.39, 0.29) is 23.1 Å². The van der Waals surface area contributed by atoms with Gasteiger partial charge in [0.15, 0.2) is 11.2 Å². The van der Waals surface area contributed by atoms with Crippen molar-refractivity contribution in [2.24, 2.45) is 0 Å². The number of nitrogens with zero attached hydrogens (tertiary/aromatic N) is 1. The second-order valence-corrected chi connectivity index (χ2v) is 8.90. The van der Waals surface area contributed by atoms with Crippen molar-refractivity contribution < 1.29 is 9.21 Å². The van der Waals surface area contributed by atoms with Gasteiger partial charge in [-0.1, -0.05) is 49.2 Å². The fourth-order valence-corrected chi connectivity index (χ4v) is 4.49. The van der Waals surface area contributed by atoms with Gasteiger partial charge in [0, 0.05) is 17.6 Å². The lowest BCUT2D eigenvalue weighted by atomic mass is 9.99. The van der Waals surface area contributed by atoms with Gasteiger partial charge in [-0.3, -0.25) is 14.5 Å². The number of carbonyl (C=O) groups is 1. The zero-order valence-corrected chi connectivity index (χ0v) is 19.4. The maximum Gasteiger partial charge on any atom is 0.287 e. The third-order valence-corrected chi connectivity index (χ3v) is 6.70. The maximum absolute atomic E-state index is 12.9. The molecule has 1 saturated heterocycles. The van der Waals surface area contributed by atoms with Crippen LogP contribution in [0.3, 0.4) is 0 Å².